The second kappa shape index (κ2) is 5.27. The van der Waals surface area contributed by atoms with Gasteiger partial charge in [0, 0.05) is 18.2 Å². The quantitative estimate of drug-likeness (QED) is 0.762. The summed E-state index contributed by atoms with van der Waals surface area (Å²) in [4.78, 5) is 12.3. The van der Waals surface area contributed by atoms with Crippen molar-refractivity contribution in [2.45, 2.75) is 19.3 Å². The van der Waals surface area contributed by atoms with Crippen LogP contribution in [0.15, 0.2) is 54.6 Å². The number of nitrogens with zero attached hydrogens (tertiary/aromatic N) is 1. The maximum Gasteiger partial charge on any atom is 0.213 e. The van der Waals surface area contributed by atoms with Crippen molar-refractivity contribution in [3.05, 3.63) is 65.7 Å². The summed E-state index contributed by atoms with van der Waals surface area (Å²) in [6.45, 7) is 4.42. The Morgan fingerprint density at radius 1 is 0.895 bits per heavy atom. The van der Waals surface area contributed by atoms with Gasteiger partial charge >= 0.3 is 0 Å². The van der Waals surface area contributed by atoms with Gasteiger partial charge in [0.15, 0.2) is 0 Å². The molecule has 0 radical (unpaired) electrons. The normalized spacial score (nSPS) is 11.1. The first-order valence-corrected chi connectivity index (χ1v) is 6.40. The van der Waals surface area contributed by atoms with Crippen LogP contribution < -0.4 is 4.90 Å². The highest BCUT2D eigenvalue weighted by Crippen LogP contribution is 2.32. The second-order valence-corrected chi connectivity index (χ2v) is 5.25. The van der Waals surface area contributed by atoms with Gasteiger partial charge in [-0.25, -0.2) is 0 Å². The van der Waals surface area contributed by atoms with Crippen molar-refractivity contribution in [1.29, 1.82) is 0 Å². The molecule has 0 aliphatic heterocycles. The third kappa shape index (κ3) is 2.68. The molecule has 2 aromatic rings. The summed E-state index contributed by atoms with van der Waals surface area (Å²) in [5.41, 5.74) is 3.38. The monoisotopic (exact) mass is 253 g/mol. The average Bonchev–Trinajstić information content (AvgIpc) is 2.47. The zero-order chi connectivity index (χ0) is 13.9. The molecule has 0 heterocycles. The largest absolute Gasteiger partial charge is 0.318 e. The van der Waals surface area contributed by atoms with Gasteiger partial charge in [-0.3, -0.25) is 4.79 Å². The molecule has 0 saturated heterocycles. The van der Waals surface area contributed by atoms with Gasteiger partial charge in [0.2, 0.25) is 6.41 Å². The van der Waals surface area contributed by atoms with Crippen molar-refractivity contribution in [3.8, 4) is 0 Å². The molecular formula is C17H19NO. The van der Waals surface area contributed by atoms with E-state index in [0.29, 0.717) is 0 Å². The van der Waals surface area contributed by atoms with E-state index in [-0.39, 0.29) is 5.41 Å². The summed E-state index contributed by atoms with van der Waals surface area (Å²) < 4.78 is 0. The van der Waals surface area contributed by atoms with E-state index >= 15 is 0 Å². The number of rotatable bonds is 4. The van der Waals surface area contributed by atoms with Gasteiger partial charge in [0.25, 0.3) is 0 Å². The molecule has 2 rings (SSSR count). The summed E-state index contributed by atoms with van der Waals surface area (Å²) in [7, 11) is 1.75. The van der Waals surface area contributed by atoms with E-state index in [2.05, 4.69) is 50.2 Å². The number of anilines is 1. The molecule has 0 aliphatic rings. The third-order valence-corrected chi connectivity index (χ3v) is 3.65. The van der Waals surface area contributed by atoms with Crippen molar-refractivity contribution < 1.29 is 4.79 Å². The van der Waals surface area contributed by atoms with E-state index < -0.39 is 0 Å². The number of benzene rings is 2. The Morgan fingerprint density at radius 2 is 1.42 bits per heavy atom. The summed E-state index contributed by atoms with van der Waals surface area (Å²) in [5.74, 6) is 0. The van der Waals surface area contributed by atoms with Crippen LogP contribution in [0.5, 0.6) is 0 Å². The van der Waals surface area contributed by atoms with Gasteiger partial charge in [0.1, 0.15) is 0 Å². The lowest BCUT2D eigenvalue weighted by atomic mass is 9.78. The van der Waals surface area contributed by atoms with Crippen LogP contribution in [0.4, 0.5) is 5.69 Å². The minimum Gasteiger partial charge on any atom is -0.318 e. The highest BCUT2D eigenvalue weighted by Gasteiger charge is 2.22. The van der Waals surface area contributed by atoms with E-state index in [1.165, 1.54) is 11.1 Å². The zero-order valence-electron chi connectivity index (χ0n) is 11.6. The lowest BCUT2D eigenvalue weighted by Crippen LogP contribution is -2.19. The number of hydrogen-bond acceptors (Lipinski definition) is 1. The van der Waals surface area contributed by atoms with Gasteiger partial charge in [-0.1, -0.05) is 56.3 Å². The topological polar surface area (TPSA) is 20.3 Å². The summed E-state index contributed by atoms with van der Waals surface area (Å²) in [6, 6.07) is 18.6. The number of carbonyl (C=O) groups is 1. The summed E-state index contributed by atoms with van der Waals surface area (Å²) in [6.07, 6.45) is 0.817. The van der Waals surface area contributed by atoms with Crippen LogP contribution in [-0.4, -0.2) is 13.5 Å². The fourth-order valence-corrected chi connectivity index (χ4v) is 2.20. The van der Waals surface area contributed by atoms with E-state index in [1.54, 1.807) is 11.9 Å². The van der Waals surface area contributed by atoms with Crippen molar-refractivity contribution >= 4 is 12.1 Å². The van der Waals surface area contributed by atoms with Crippen molar-refractivity contribution in [2.75, 3.05) is 11.9 Å². The molecular weight excluding hydrogens is 234 g/mol. The maximum absolute atomic E-state index is 10.7. The SMILES string of the molecule is CN(C=O)c1ccc(C(C)(C)c2ccccc2)cc1. The van der Waals surface area contributed by atoms with Crippen LogP contribution in [0, 0.1) is 0 Å². The fraction of sp³-hybridized carbons (Fsp3) is 0.235. The minimum atomic E-state index is -0.0421. The van der Waals surface area contributed by atoms with Crippen LogP contribution >= 0.6 is 0 Å². The first kappa shape index (κ1) is 13.3. The first-order valence-electron chi connectivity index (χ1n) is 6.40. The lowest BCUT2D eigenvalue weighted by molar-refractivity contribution is -0.107. The third-order valence-electron chi connectivity index (χ3n) is 3.65. The van der Waals surface area contributed by atoms with E-state index in [0.717, 1.165) is 12.1 Å². The molecule has 2 aromatic carbocycles. The molecule has 98 valence electrons. The molecule has 0 spiro atoms. The Morgan fingerprint density at radius 3 is 1.95 bits per heavy atom. The van der Waals surface area contributed by atoms with E-state index in [4.69, 9.17) is 0 Å². The molecule has 0 unspecified atom stereocenters. The molecule has 0 bridgehead atoms. The van der Waals surface area contributed by atoms with Gasteiger partial charge < -0.3 is 4.90 Å². The highest BCUT2D eigenvalue weighted by molar-refractivity contribution is 5.74. The van der Waals surface area contributed by atoms with Gasteiger partial charge in [-0.15, -0.1) is 0 Å². The Kier molecular flexibility index (Phi) is 3.70. The van der Waals surface area contributed by atoms with Gasteiger partial charge in [-0.2, -0.15) is 0 Å². The Bertz CT molecular complexity index is 543. The predicted octanol–water partition coefficient (Wildman–Crippen LogP) is 3.61. The molecule has 0 aliphatic carbocycles. The summed E-state index contributed by atoms with van der Waals surface area (Å²) in [5, 5.41) is 0. The second-order valence-electron chi connectivity index (χ2n) is 5.25. The van der Waals surface area contributed by atoms with Gasteiger partial charge in [0.05, 0.1) is 0 Å². The molecule has 0 aromatic heterocycles. The summed E-state index contributed by atoms with van der Waals surface area (Å²) >= 11 is 0. The Labute approximate surface area is 114 Å². The minimum absolute atomic E-state index is 0.0421. The standard InChI is InChI=1S/C17H19NO/c1-17(2,14-7-5-4-6-8-14)15-9-11-16(12-10-15)18(3)13-19/h4-13H,1-3H3. The Balaban J connectivity index is 2.34. The molecule has 2 heteroatoms. The smallest absolute Gasteiger partial charge is 0.213 e. The van der Waals surface area contributed by atoms with Crippen LogP contribution in [0.3, 0.4) is 0 Å². The van der Waals surface area contributed by atoms with Crippen LogP contribution in [0.25, 0.3) is 0 Å². The maximum atomic E-state index is 10.7. The molecule has 19 heavy (non-hydrogen) atoms. The molecule has 2 nitrogen and oxygen atoms in total. The van der Waals surface area contributed by atoms with Crippen molar-refractivity contribution in [3.63, 3.8) is 0 Å². The van der Waals surface area contributed by atoms with E-state index in [1.807, 2.05) is 18.2 Å². The lowest BCUT2D eigenvalue weighted by Gasteiger charge is -2.26. The molecule has 0 N–H and O–H groups in total. The molecule has 0 atom stereocenters. The number of carbonyl (C=O) groups excluding carboxylic acids is 1. The highest BCUT2D eigenvalue weighted by atomic mass is 16.1. The molecule has 1 amide bonds. The zero-order valence-corrected chi connectivity index (χ0v) is 11.6. The van der Waals surface area contributed by atoms with Crippen molar-refractivity contribution in [2.24, 2.45) is 0 Å². The Hall–Kier alpha value is -2.09. The van der Waals surface area contributed by atoms with Crippen LogP contribution in [0.2, 0.25) is 0 Å². The fourth-order valence-electron chi connectivity index (χ4n) is 2.20. The molecule has 0 fully saturated rings. The van der Waals surface area contributed by atoms with Gasteiger partial charge in [-0.05, 0) is 23.3 Å². The van der Waals surface area contributed by atoms with Crippen LogP contribution in [-0.2, 0) is 10.2 Å². The van der Waals surface area contributed by atoms with Crippen LogP contribution in [0.1, 0.15) is 25.0 Å². The molecule has 0 saturated carbocycles. The number of hydrogen-bond donors (Lipinski definition) is 0. The van der Waals surface area contributed by atoms with E-state index in [9.17, 15) is 4.79 Å². The first-order chi connectivity index (χ1) is 9.05. The average molecular weight is 253 g/mol. The number of amides is 1. The van der Waals surface area contributed by atoms with Crippen molar-refractivity contribution in [1.82, 2.24) is 0 Å². The predicted molar refractivity (Wildman–Crippen MR) is 79.5 cm³/mol.